The first-order valence-corrected chi connectivity index (χ1v) is 25.8. The Kier molecular flexibility index (Phi) is 12.4. The molecule has 16 heteroatoms. The zero-order chi connectivity index (χ0) is 47.4. The van der Waals surface area contributed by atoms with E-state index in [1.54, 1.807) is 30.6 Å². The zero-order valence-electron chi connectivity index (χ0n) is 39.5. The minimum Gasteiger partial charge on any atom is -0.480 e. The number of fused-ring (bicyclic) bond motifs is 2. The van der Waals surface area contributed by atoms with Gasteiger partial charge in [0.05, 0.1) is 53.1 Å². The lowest BCUT2D eigenvalue weighted by Crippen LogP contribution is -2.58. The second-order valence-corrected chi connectivity index (χ2v) is 22.7. The number of morpholine rings is 1. The van der Waals surface area contributed by atoms with Crippen LogP contribution in [0.3, 0.4) is 0 Å². The number of nitrogens with one attached hydrogen (secondary N) is 3. The summed E-state index contributed by atoms with van der Waals surface area (Å²) in [7, 11) is -4.63. The lowest BCUT2D eigenvalue weighted by molar-refractivity contribution is -0.386. The zero-order valence-corrected chi connectivity index (χ0v) is 40.3. The summed E-state index contributed by atoms with van der Waals surface area (Å²) >= 11 is 0. The van der Waals surface area contributed by atoms with Crippen molar-refractivity contribution in [1.29, 1.82) is 0 Å². The van der Waals surface area contributed by atoms with Crippen LogP contribution in [0.15, 0.2) is 84.0 Å². The first kappa shape index (κ1) is 46.0. The molecule has 0 radical (unpaired) electrons. The van der Waals surface area contributed by atoms with E-state index in [4.69, 9.17) is 14.2 Å². The van der Waals surface area contributed by atoms with Gasteiger partial charge in [0.1, 0.15) is 23.3 Å². The summed E-state index contributed by atoms with van der Waals surface area (Å²) in [5.41, 5.74) is 4.53. The molecule has 4 fully saturated rings. The Bertz CT molecular complexity index is 2800. The van der Waals surface area contributed by atoms with Gasteiger partial charge < -0.3 is 29.4 Å². The van der Waals surface area contributed by atoms with Gasteiger partial charge in [0.25, 0.3) is 15.9 Å². The molecule has 2 atom stereocenters. The molecule has 3 N–H and O–H groups in total. The summed E-state index contributed by atoms with van der Waals surface area (Å²) in [6.07, 6.45) is 12.5. The van der Waals surface area contributed by atoms with Crippen LogP contribution in [0, 0.1) is 26.9 Å². The molecule has 2 aliphatic carbocycles. The van der Waals surface area contributed by atoms with Crippen LogP contribution in [-0.2, 0) is 14.8 Å². The summed E-state index contributed by atoms with van der Waals surface area (Å²) < 4.78 is 48.9. The molecule has 3 aliphatic heterocycles. The molecule has 5 aliphatic rings. The predicted octanol–water partition coefficient (Wildman–Crippen LogP) is 10.1. The monoisotopic (exact) mass is 945 g/mol. The molecule has 1 amide bonds. The maximum atomic E-state index is 14.2. The van der Waals surface area contributed by atoms with Crippen molar-refractivity contribution >= 4 is 44.0 Å². The number of pyridine rings is 1. The van der Waals surface area contributed by atoms with Gasteiger partial charge in [-0.05, 0) is 122 Å². The summed E-state index contributed by atoms with van der Waals surface area (Å²) in [6.45, 7) is 13.5. The Morgan fingerprint density at radius 3 is 2.56 bits per heavy atom. The topological polar surface area (TPSA) is 181 Å². The fourth-order valence-corrected chi connectivity index (χ4v) is 12.6. The Hall–Kier alpha value is -5.71. The van der Waals surface area contributed by atoms with Crippen LogP contribution in [0.1, 0.15) is 119 Å². The van der Waals surface area contributed by atoms with Crippen molar-refractivity contribution in [2.75, 3.05) is 49.6 Å². The van der Waals surface area contributed by atoms with E-state index in [1.165, 1.54) is 17.2 Å². The van der Waals surface area contributed by atoms with E-state index < -0.39 is 31.4 Å². The van der Waals surface area contributed by atoms with Crippen molar-refractivity contribution in [2.45, 2.75) is 114 Å². The van der Waals surface area contributed by atoms with E-state index >= 15 is 0 Å². The number of amides is 1. The smallest absolute Gasteiger partial charge is 0.314 e. The highest BCUT2D eigenvalue weighted by molar-refractivity contribution is 7.90. The minimum atomic E-state index is -4.63. The summed E-state index contributed by atoms with van der Waals surface area (Å²) in [4.78, 5) is 38.0. The number of aromatic nitrogens is 2. The third kappa shape index (κ3) is 9.38. The highest BCUT2D eigenvalue weighted by atomic mass is 32.2. The molecule has 2 saturated carbocycles. The molecule has 15 nitrogen and oxygen atoms in total. The van der Waals surface area contributed by atoms with Crippen molar-refractivity contribution in [3.8, 4) is 17.2 Å². The summed E-state index contributed by atoms with van der Waals surface area (Å²) in [5.74, 6) is 0.450. The Morgan fingerprint density at radius 1 is 1.01 bits per heavy atom. The number of anilines is 2. The van der Waals surface area contributed by atoms with Crippen LogP contribution in [0.4, 0.5) is 17.1 Å². The lowest BCUT2D eigenvalue weighted by atomic mass is 9.59. The van der Waals surface area contributed by atoms with Crippen molar-refractivity contribution in [3.63, 3.8) is 0 Å². The van der Waals surface area contributed by atoms with Crippen LogP contribution in [0.2, 0.25) is 0 Å². The van der Waals surface area contributed by atoms with E-state index in [-0.39, 0.29) is 40.3 Å². The van der Waals surface area contributed by atoms with Crippen molar-refractivity contribution < 1.29 is 32.3 Å². The maximum absolute atomic E-state index is 14.2. The van der Waals surface area contributed by atoms with Gasteiger partial charge in [-0.1, -0.05) is 52.0 Å². The number of piperidine rings is 1. The molecular formula is C52H63N7O8S. The van der Waals surface area contributed by atoms with E-state index in [2.05, 4.69) is 81.8 Å². The first-order chi connectivity index (χ1) is 32.6. The standard InChI is InChI=1S/C52H63N7O8S/c1-33(2)41-7-5-6-8-42(41)46-32-65-22-21-58(46)37-28-52(29-37)16-19-57(20-17-52)36-9-10-43(47(25-36)66-39-24-35-13-18-53-49(35)55-31-39)50(60)56-68(63,64)40-26-44-48(45(27-40)59(61)62)67-38(30-54-44)23-34-11-14-51(3,4)15-12-34/h5-10,13,18,24-27,31,33-34,37-38,46,54H,11-12,14-17,19-23,28-30,32H2,1-4H3,(H,53,55)(H,56,60)/t38-,46+/m0/s1. The number of aromatic amines is 1. The number of ether oxygens (including phenoxy) is 3. The van der Waals surface area contributed by atoms with Crippen molar-refractivity contribution in [3.05, 3.63) is 106 Å². The molecule has 10 rings (SSSR count). The van der Waals surface area contributed by atoms with Gasteiger partial charge in [0.2, 0.25) is 5.75 Å². The third-order valence-electron chi connectivity index (χ3n) is 15.6. The number of H-pyrrole nitrogens is 1. The van der Waals surface area contributed by atoms with E-state index in [0.29, 0.717) is 47.8 Å². The average molecular weight is 946 g/mol. The molecular weight excluding hydrogens is 883 g/mol. The van der Waals surface area contributed by atoms with Crippen LogP contribution >= 0.6 is 0 Å². The van der Waals surface area contributed by atoms with Gasteiger partial charge in [-0.2, -0.15) is 0 Å². The molecule has 3 aromatic carbocycles. The molecule has 1 spiro atoms. The van der Waals surface area contributed by atoms with E-state index in [0.717, 1.165) is 101 Å². The van der Waals surface area contributed by atoms with Crippen LogP contribution in [-0.4, -0.2) is 85.7 Å². The first-order valence-electron chi connectivity index (χ1n) is 24.4. The number of rotatable bonds is 12. The van der Waals surface area contributed by atoms with Gasteiger partial charge in [-0.3, -0.25) is 19.8 Å². The number of hydrogen-bond acceptors (Lipinski definition) is 12. The van der Waals surface area contributed by atoms with Crippen LogP contribution in [0.25, 0.3) is 11.0 Å². The number of carbonyl (C=O) groups is 1. The summed E-state index contributed by atoms with van der Waals surface area (Å²) in [5, 5.41) is 16.4. The quantitative estimate of drug-likeness (QED) is 0.0797. The van der Waals surface area contributed by atoms with Gasteiger partial charge >= 0.3 is 5.69 Å². The van der Waals surface area contributed by atoms with Gasteiger partial charge in [-0.25, -0.2) is 18.1 Å². The largest absolute Gasteiger partial charge is 0.480 e. The molecule has 2 saturated heterocycles. The van der Waals surface area contributed by atoms with Crippen molar-refractivity contribution in [2.24, 2.45) is 16.7 Å². The van der Waals surface area contributed by atoms with Crippen molar-refractivity contribution in [1.82, 2.24) is 19.6 Å². The summed E-state index contributed by atoms with van der Waals surface area (Å²) in [6, 6.07) is 20.6. The minimum absolute atomic E-state index is 0.00157. The predicted molar refractivity (Wildman–Crippen MR) is 261 cm³/mol. The molecule has 360 valence electrons. The Balaban J connectivity index is 0.847. The van der Waals surface area contributed by atoms with Gasteiger partial charge in [-0.15, -0.1) is 0 Å². The molecule has 0 bridgehead atoms. The highest BCUT2D eigenvalue weighted by Crippen LogP contribution is 2.53. The molecule has 5 aromatic rings. The fraction of sp³-hybridized carbons (Fsp3) is 0.500. The molecule has 0 unspecified atom stereocenters. The SMILES string of the molecule is CC(C)c1ccccc1[C@H]1COCCN1C1CC2(CCN(c3ccc(C(=O)NS(=O)(=O)c4cc5c(c([N+](=O)[O-])c4)O[C@@H](CC4CCC(C)(C)CC4)CN5)c(Oc4cnc5[nH]ccc5c4)c3)CC2)C1. The maximum Gasteiger partial charge on any atom is 0.314 e. The molecule has 5 heterocycles. The second-order valence-electron chi connectivity index (χ2n) is 21.0. The van der Waals surface area contributed by atoms with Crippen LogP contribution < -0.4 is 24.4 Å². The number of nitro groups is 1. The fourth-order valence-electron chi connectivity index (χ4n) is 11.6. The number of benzene rings is 3. The second kappa shape index (κ2) is 18.3. The average Bonchev–Trinajstić information content (AvgIpc) is 3.79. The van der Waals surface area contributed by atoms with Gasteiger partial charge in [0, 0.05) is 55.1 Å². The van der Waals surface area contributed by atoms with Gasteiger partial charge in [0.15, 0.2) is 0 Å². The number of nitrogens with zero attached hydrogens (tertiary/aromatic N) is 4. The molecule has 2 aromatic heterocycles. The number of nitro benzene ring substituents is 1. The Morgan fingerprint density at radius 2 is 1.79 bits per heavy atom. The van der Waals surface area contributed by atoms with Crippen LogP contribution in [0.5, 0.6) is 17.2 Å². The third-order valence-corrected chi connectivity index (χ3v) is 16.9. The highest BCUT2D eigenvalue weighted by Gasteiger charge is 2.50. The Labute approximate surface area is 398 Å². The normalized spacial score (nSPS) is 22.0. The lowest BCUT2D eigenvalue weighted by Gasteiger charge is -2.57. The van der Waals surface area contributed by atoms with E-state index in [1.807, 2.05) is 12.1 Å². The number of carbonyl (C=O) groups excluding carboxylic acids is 1. The van der Waals surface area contributed by atoms with E-state index in [9.17, 15) is 23.3 Å². The number of sulfonamides is 1. The molecule has 68 heavy (non-hydrogen) atoms. The number of hydrogen-bond donors (Lipinski definition) is 3.